The Morgan fingerprint density at radius 2 is 1.32 bits per heavy atom. The van der Waals surface area contributed by atoms with Crippen LogP contribution in [-0.4, -0.2) is 11.6 Å². The van der Waals surface area contributed by atoms with E-state index in [-0.39, 0.29) is 22.4 Å². The molecule has 1 aromatic rings. The van der Waals surface area contributed by atoms with E-state index in [2.05, 4.69) is 0 Å². The maximum absolute atomic E-state index is 12.9. The lowest BCUT2D eigenvalue weighted by atomic mass is 9.40. The fourth-order valence-electron chi connectivity index (χ4n) is 4.18. The number of Topliss-reactive ketones (excluding diaryl/α,β-unsaturated/α-hetero) is 2. The molecule has 22 heavy (non-hydrogen) atoms. The van der Waals surface area contributed by atoms with E-state index in [4.69, 9.17) is 0 Å². The number of hydrogen-bond donors (Lipinski definition) is 0. The smallest absolute Gasteiger partial charge is 0.161 e. The Kier molecular flexibility index (Phi) is 3.93. The zero-order chi connectivity index (χ0) is 16.8. The largest absolute Gasteiger partial charge is 0.297 e. The molecule has 1 aliphatic rings. The molecular formula is C20H26O2. The van der Waals surface area contributed by atoms with E-state index >= 15 is 0 Å². The van der Waals surface area contributed by atoms with Gasteiger partial charge in [-0.25, -0.2) is 0 Å². The molecule has 118 valence electrons. The molecule has 2 nitrogen and oxygen atoms in total. The summed E-state index contributed by atoms with van der Waals surface area (Å²) in [6.07, 6.45) is 3.63. The van der Waals surface area contributed by atoms with Gasteiger partial charge in [0.05, 0.1) is 11.3 Å². The number of ketones is 2. The van der Waals surface area contributed by atoms with Crippen molar-refractivity contribution in [2.75, 3.05) is 0 Å². The van der Waals surface area contributed by atoms with Crippen LogP contribution in [0.15, 0.2) is 36.4 Å². The maximum Gasteiger partial charge on any atom is 0.161 e. The molecule has 0 unspecified atom stereocenters. The van der Waals surface area contributed by atoms with Gasteiger partial charge in [-0.2, -0.15) is 0 Å². The van der Waals surface area contributed by atoms with Crippen LogP contribution in [0.3, 0.4) is 0 Å². The van der Waals surface area contributed by atoms with Crippen molar-refractivity contribution in [1.29, 1.82) is 0 Å². The zero-order valence-electron chi connectivity index (χ0n) is 14.4. The molecule has 0 bridgehead atoms. The monoisotopic (exact) mass is 298 g/mol. The maximum atomic E-state index is 12.9. The third-order valence-electron chi connectivity index (χ3n) is 4.83. The lowest BCUT2D eigenvalue weighted by Crippen LogP contribution is -2.69. The summed E-state index contributed by atoms with van der Waals surface area (Å²) in [7, 11) is 0. The quantitative estimate of drug-likeness (QED) is 0.751. The molecule has 0 spiro atoms. The van der Waals surface area contributed by atoms with Gasteiger partial charge < -0.3 is 0 Å². The number of rotatable bonds is 2. The van der Waals surface area contributed by atoms with E-state index < -0.39 is 11.3 Å². The lowest BCUT2D eigenvalue weighted by molar-refractivity contribution is -0.179. The molecule has 0 saturated heterocycles. The molecule has 1 saturated carbocycles. The first-order valence-electron chi connectivity index (χ1n) is 7.85. The Labute approximate surface area is 133 Å². The summed E-state index contributed by atoms with van der Waals surface area (Å²) in [5.74, 6) is -0.479. The number of carbonyl (C=O) groups is 2. The molecule has 1 aromatic carbocycles. The van der Waals surface area contributed by atoms with Gasteiger partial charge in [-0.05, 0) is 16.4 Å². The molecule has 2 rings (SSSR count). The normalized spacial score (nSPS) is 19.5. The minimum Gasteiger partial charge on any atom is -0.297 e. The second-order valence-electron chi connectivity index (χ2n) is 8.23. The molecule has 0 aliphatic heterocycles. The Hall–Kier alpha value is -1.70. The highest BCUT2D eigenvalue weighted by atomic mass is 16.2. The minimum absolute atomic E-state index is 0.0599. The fourth-order valence-corrected chi connectivity index (χ4v) is 4.18. The van der Waals surface area contributed by atoms with Crippen LogP contribution >= 0.6 is 0 Å². The summed E-state index contributed by atoms with van der Waals surface area (Å²) in [6, 6.07) is 9.76. The second kappa shape index (κ2) is 5.19. The minimum atomic E-state index is -0.897. The van der Waals surface area contributed by atoms with Crippen LogP contribution in [0.1, 0.15) is 47.1 Å². The number of allylic oxidation sites excluding steroid dienone is 1. The lowest BCUT2D eigenvalue weighted by Gasteiger charge is -2.58. The molecule has 0 amide bonds. The first-order valence-corrected chi connectivity index (χ1v) is 7.85. The molecular weight excluding hydrogens is 272 g/mol. The Morgan fingerprint density at radius 1 is 0.864 bits per heavy atom. The molecule has 0 aromatic heterocycles. The van der Waals surface area contributed by atoms with E-state index in [0.717, 1.165) is 5.56 Å². The van der Waals surface area contributed by atoms with Crippen molar-refractivity contribution in [2.45, 2.75) is 41.5 Å². The number of carbonyl (C=O) groups excluding carboxylic acids is 2. The molecule has 1 fully saturated rings. The Bertz CT molecular complexity index is 577. The molecule has 1 aliphatic carbocycles. The van der Waals surface area contributed by atoms with Gasteiger partial charge >= 0.3 is 0 Å². The Morgan fingerprint density at radius 3 is 1.73 bits per heavy atom. The van der Waals surface area contributed by atoms with Gasteiger partial charge in [-0.15, -0.1) is 0 Å². The predicted octanol–water partition coefficient (Wildman–Crippen LogP) is 4.55. The summed E-state index contributed by atoms with van der Waals surface area (Å²) >= 11 is 0. The average Bonchev–Trinajstić information content (AvgIpc) is 2.37. The summed E-state index contributed by atoms with van der Waals surface area (Å²) < 4.78 is 0. The predicted molar refractivity (Wildman–Crippen MR) is 90.3 cm³/mol. The highest BCUT2D eigenvalue weighted by molar-refractivity contribution is 6.29. The molecule has 0 N–H and O–H groups in total. The topological polar surface area (TPSA) is 34.1 Å². The van der Waals surface area contributed by atoms with E-state index in [1.165, 1.54) is 0 Å². The molecule has 2 heteroatoms. The van der Waals surface area contributed by atoms with Gasteiger partial charge in [0.25, 0.3) is 0 Å². The number of hydrogen-bond acceptors (Lipinski definition) is 2. The SMILES string of the molecule is CC(C)(C)C1(C(C)(C)C)C(=O)C(C=Cc2ccccc2)C1=O. The van der Waals surface area contributed by atoms with Gasteiger partial charge in [0.2, 0.25) is 0 Å². The Balaban J connectivity index is 2.33. The van der Waals surface area contributed by atoms with Gasteiger partial charge in [-0.3, -0.25) is 9.59 Å². The van der Waals surface area contributed by atoms with E-state index in [9.17, 15) is 9.59 Å². The summed E-state index contributed by atoms with van der Waals surface area (Å²) in [5.41, 5.74) is -0.647. The van der Waals surface area contributed by atoms with Crippen molar-refractivity contribution < 1.29 is 9.59 Å². The van der Waals surface area contributed by atoms with Crippen molar-refractivity contribution in [3.8, 4) is 0 Å². The second-order valence-corrected chi connectivity index (χ2v) is 8.23. The van der Waals surface area contributed by atoms with Gasteiger partial charge in [0, 0.05) is 0 Å². The van der Waals surface area contributed by atoms with Crippen molar-refractivity contribution in [3.05, 3.63) is 42.0 Å². The summed E-state index contributed by atoms with van der Waals surface area (Å²) in [6.45, 7) is 11.9. The third kappa shape index (κ3) is 2.25. The van der Waals surface area contributed by atoms with Crippen LogP contribution in [0.5, 0.6) is 0 Å². The van der Waals surface area contributed by atoms with E-state index in [1.54, 1.807) is 6.08 Å². The molecule has 0 atom stereocenters. The van der Waals surface area contributed by atoms with Gasteiger partial charge in [0.15, 0.2) is 11.6 Å². The van der Waals surface area contributed by atoms with E-state index in [0.29, 0.717) is 0 Å². The van der Waals surface area contributed by atoms with Crippen LogP contribution in [0, 0.1) is 22.2 Å². The van der Waals surface area contributed by atoms with Crippen molar-refractivity contribution >= 4 is 17.6 Å². The molecule has 0 heterocycles. The summed E-state index contributed by atoms with van der Waals surface area (Å²) in [5, 5.41) is 0. The van der Waals surface area contributed by atoms with E-state index in [1.807, 2.05) is 78.0 Å². The first kappa shape index (κ1) is 16.7. The highest BCUT2D eigenvalue weighted by Crippen LogP contribution is 2.60. The molecule has 0 radical (unpaired) electrons. The van der Waals surface area contributed by atoms with Crippen LogP contribution in [0.2, 0.25) is 0 Å². The standard InChI is InChI=1S/C20H26O2/c1-18(2,3)20(19(4,5)6)16(21)15(17(20)22)13-12-14-10-8-7-9-11-14/h7-13,15H,1-6H3. The summed E-state index contributed by atoms with van der Waals surface area (Å²) in [4.78, 5) is 25.9. The van der Waals surface area contributed by atoms with Gasteiger partial charge in [0.1, 0.15) is 0 Å². The number of benzene rings is 1. The van der Waals surface area contributed by atoms with Crippen molar-refractivity contribution in [1.82, 2.24) is 0 Å². The van der Waals surface area contributed by atoms with Crippen LogP contribution in [0.4, 0.5) is 0 Å². The third-order valence-corrected chi connectivity index (χ3v) is 4.83. The fraction of sp³-hybridized carbons (Fsp3) is 0.500. The van der Waals surface area contributed by atoms with Crippen LogP contribution in [0.25, 0.3) is 6.08 Å². The van der Waals surface area contributed by atoms with Crippen molar-refractivity contribution in [2.24, 2.45) is 22.2 Å². The zero-order valence-corrected chi connectivity index (χ0v) is 14.4. The van der Waals surface area contributed by atoms with Gasteiger partial charge in [-0.1, -0.05) is 84.0 Å². The van der Waals surface area contributed by atoms with Crippen LogP contribution in [-0.2, 0) is 9.59 Å². The average molecular weight is 298 g/mol. The highest BCUT2D eigenvalue weighted by Gasteiger charge is 2.70. The van der Waals surface area contributed by atoms with Crippen molar-refractivity contribution in [3.63, 3.8) is 0 Å². The van der Waals surface area contributed by atoms with Crippen LogP contribution < -0.4 is 0 Å². The first-order chi connectivity index (χ1) is 10.0.